The molecule has 1 aromatic heterocycles. The van der Waals surface area contributed by atoms with E-state index in [0.717, 1.165) is 23.3 Å². The van der Waals surface area contributed by atoms with Crippen molar-refractivity contribution in [1.29, 1.82) is 0 Å². The molecule has 2 aromatic rings. The van der Waals surface area contributed by atoms with E-state index in [2.05, 4.69) is 17.3 Å². The Balaban J connectivity index is 1.78. The van der Waals surface area contributed by atoms with Crippen LogP contribution in [0.3, 0.4) is 0 Å². The Bertz CT molecular complexity index is 488. The summed E-state index contributed by atoms with van der Waals surface area (Å²) >= 11 is 0. The Morgan fingerprint density at radius 3 is 2.75 bits per heavy atom. The van der Waals surface area contributed by atoms with Gasteiger partial charge in [0.15, 0.2) is 6.10 Å². The van der Waals surface area contributed by atoms with Gasteiger partial charge >= 0.3 is 0 Å². The molecule has 80 valence electrons. The molecular weight excluding hydrogens is 202 g/mol. The van der Waals surface area contributed by atoms with E-state index in [1.807, 2.05) is 24.3 Å². The van der Waals surface area contributed by atoms with Crippen LogP contribution in [-0.4, -0.2) is 5.71 Å². The van der Waals surface area contributed by atoms with E-state index in [-0.39, 0.29) is 6.10 Å². The van der Waals surface area contributed by atoms with E-state index in [1.165, 1.54) is 0 Å². The molecule has 0 aliphatic carbocycles. The van der Waals surface area contributed by atoms with Crippen molar-refractivity contribution in [2.75, 3.05) is 0 Å². The fourth-order valence-electron chi connectivity index (χ4n) is 1.82. The lowest BCUT2D eigenvalue weighted by Crippen LogP contribution is -2.00. The van der Waals surface area contributed by atoms with Crippen LogP contribution in [0.25, 0.3) is 0 Å². The van der Waals surface area contributed by atoms with Crippen LogP contribution in [0.5, 0.6) is 0 Å². The Hall–Kier alpha value is -2.03. The topological polar surface area (TPSA) is 34.7 Å². The summed E-state index contributed by atoms with van der Waals surface area (Å²) in [6.45, 7) is 0. The van der Waals surface area contributed by atoms with Crippen LogP contribution in [0.4, 0.5) is 0 Å². The predicted octanol–water partition coefficient (Wildman–Crippen LogP) is 3.15. The van der Waals surface area contributed by atoms with Gasteiger partial charge in [0.1, 0.15) is 0 Å². The van der Waals surface area contributed by atoms with Gasteiger partial charge in [-0.3, -0.25) is 0 Å². The summed E-state index contributed by atoms with van der Waals surface area (Å²) in [5.74, 6) is 0. The first-order valence-electron chi connectivity index (χ1n) is 5.24. The highest BCUT2D eigenvalue weighted by Gasteiger charge is 2.23. The van der Waals surface area contributed by atoms with E-state index >= 15 is 0 Å². The second-order valence-corrected chi connectivity index (χ2v) is 3.76. The summed E-state index contributed by atoms with van der Waals surface area (Å²) in [5, 5.41) is 4.09. The molecular formula is C13H11NO2. The molecule has 1 unspecified atom stereocenters. The van der Waals surface area contributed by atoms with Crippen LogP contribution in [0.15, 0.2) is 58.5 Å². The van der Waals surface area contributed by atoms with Crippen molar-refractivity contribution in [2.24, 2.45) is 5.16 Å². The molecule has 1 aliphatic rings. The van der Waals surface area contributed by atoms with Crippen LogP contribution >= 0.6 is 0 Å². The molecule has 1 atom stereocenters. The van der Waals surface area contributed by atoms with Crippen molar-refractivity contribution in [1.82, 2.24) is 0 Å². The minimum absolute atomic E-state index is 0.0334. The molecule has 0 fully saturated rings. The summed E-state index contributed by atoms with van der Waals surface area (Å²) in [6.07, 6.45) is 4.17. The maximum atomic E-state index is 5.42. The highest BCUT2D eigenvalue weighted by molar-refractivity contribution is 6.00. The van der Waals surface area contributed by atoms with Crippen molar-refractivity contribution in [2.45, 2.75) is 12.5 Å². The number of nitrogens with zero attached hydrogens (tertiary/aromatic N) is 1. The van der Waals surface area contributed by atoms with Crippen molar-refractivity contribution in [3.8, 4) is 0 Å². The lowest BCUT2D eigenvalue weighted by Gasteiger charge is -2.06. The van der Waals surface area contributed by atoms with E-state index < -0.39 is 0 Å². The minimum atomic E-state index is 0.0334. The fourth-order valence-corrected chi connectivity index (χ4v) is 1.82. The van der Waals surface area contributed by atoms with Gasteiger partial charge in [-0.2, -0.15) is 0 Å². The molecule has 0 radical (unpaired) electrons. The van der Waals surface area contributed by atoms with Crippen LogP contribution in [0.2, 0.25) is 0 Å². The fraction of sp³-hybridized carbons (Fsp3) is 0.154. The zero-order valence-electron chi connectivity index (χ0n) is 8.67. The first-order valence-corrected chi connectivity index (χ1v) is 5.24. The van der Waals surface area contributed by atoms with Gasteiger partial charge in [-0.05, 0) is 11.6 Å². The maximum Gasteiger partial charge on any atom is 0.158 e. The first kappa shape index (κ1) is 9.21. The highest BCUT2D eigenvalue weighted by Crippen LogP contribution is 2.29. The molecule has 1 aliphatic heterocycles. The molecule has 0 bridgehead atoms. The quantitative estimate of drug-likeness (QED) is 0.768. The van der Waals surface area contributed by atoms with Crippen molar-refractivity contribution < 1.29 is 9.25 Å². The Morgan fingerprint density at radius 2 is 2.00 bits per heavy atom. The van der Waals surface area contributed by atoms with Gasteiger partial charge in [-0.25, -0.2) is 0 Å². The van der Waals surface area contributed by atoms with Crippen molar-refractivity contribution in [3.05, 3.63) is 60.1 Å². The lowest BCUT2D eigenvalue weighted by molar-refractivity contribution is 0.0857. The van der Waals surface area contributed by atoms with Gasteiger partial charge in [0, 0.05) is 12.0 Å². The maximum absolute atomic E-state index is 5.42. The molecule has 16 heavy (non-hydrogen) atoms. The third kappa shape index (κ3) is 1.60. The molecule has 3 rings (SSSR count). The third-order valence-corrected chi connectivity index (χ3v) is 2.69. The summed E-state index contributed by atoms with van der Waals surface area (Å²) in [7, 11) is 0. The van der Waals surface area contributed by atoms with Crippen molar-refractivity contribution in [3.63, 3.8) is 0 Å². The van der Waals surface area contributed by atoms with E-state index in [0.29, 0.717) is 0 Å². The Morgan fingerprint density at radius 1 is 1.12 bits per heavy atom. The number of rotatable bonds is 2. The number of furan rings is 1. The van der Waals surface area contributed by atoms with Gasteiger partial charge in [-0.1, -0.05) is 35.5 Å². The molecule has 0 N–H and O–H groups in total. The van der Waals surface area contributed by atoms with E-state index in [4.69, 9.17) is 9.25 Å². The lowest BCUT2D eigenvalue weighted by atomic mass is 10.0. The molecule has 3 nitrogen and oxygen atoms in total. The molecule has 0 spiro atoms. The van der Waals surface area contributed by atoms with Crippen LogP contribution < -0.4 is 0 Å². The second kappa shape index (κ2) is 3.85. The highest BCUT2D eigenvalue weighted by atomic mass is 16.6. The standard InChI is InChI=1S/C13H11NO2/c1-2-4-10(5-3-1)13-8-12(14-16-13)11-6-7-15-9-11/h1-7,9,13H,8H2. The molecule has 1 aromatic carbocycles. The number of oxime groups is 1. The molecule has 0 saturated carbocycles. The van der Waals surface area contributed by atoms with Gasteiger partial charge in [0.25, 0.3) is 0 Å². The molecule has 0 saturated heterocycles. The van der Waals surface area contributed by atoms with Crippen LogP contribution in [-0.2, 0) is 4.84 Å². The van der Waals surface area contributed by atoms with Gasteiger partial charge in [0.2, 0.25) is 0 Å². The summed E-state index contributed by atoms with van der Waals surface area (Å²) < 4.78 is 5.03. The monoisotopic (exact) mass is 213 g/mol. The minimum Gasteiger partial charge on any atom is -0.472 e. The van der Waals surface area contributed by atoms with Crippen LogP contribution in [0, 0.1) is 0 Å². The summed E-state index contributed by atoms with van der Waals surface area (Å²) in [5.41, 5.74) is 3.10. The molecule has 2 heterocycles. The Labute approximate surface area is 93.3 Å². The Kier molecular flexibility index (Phi) is 2.22. The van der Waals surface area contributed by atoms with Gasteiger partial charge in [0.05, 0.1) is 18.2 Å². The second-order valence-electron chi connectivity index (χ2n) is 3.76. The first-order chi connectivity index (χ1) is 7.93. The number of hydrogen-bond acceptors (Lipinski definition) is 3. The summed E-state index contributed by atoms with van der Waals surface area (Å²) in [4.78, 5) is 5.42. The zero-order valence-corrected chi connectivity index (χ0v) is 8.67. The SMILES string of the molecule is c1ccc(C2CC(c3ccoc3)=NO2)cc1. The average Bonchev–Trinajstić information content (AvgIpc) is 3.01. The summed E-state index contributed by atoms with van der Waals surface area (Å²) in [6, 6.07) is 12.0. The average molecular weight is 213 g/mol. The smallest absolute Gasteiger partial charge is 0.158 e. The van der Waals surface area contributed by atoms with Gasteiger partial charge in [-0.15, -0.1) is 0 Å². The number of hydrogen-bond donors (Lipinski definition) is 0. The molecule has 0 amide bonds. The largest absolute Gasteiger partial charge is 0.472 e. The normalized spacial score (nSPS) is 19.2. The predicted molar refractivity (Wildman–Crippen MR) is 60.1 cm³/mol. The van der Waals surface area contributed by atoms with Gasteiger partial charge < -0.3 is 9.25 Å². The third-order valence-electron chi connectivity index (χ3n) is 2.69. The van der Waals surface area contributed by atoms with Crippen molar-refractivity contribution >= 4 is 5.71 Å². The van der Waals surface area contributed by atoms with Crippen LogP contribution in [0.1, 0.15) is 23.7 Å². The van der Waals surface area contributed by atoms with E-state index in [1.54, 1.807) is 12.5 Å². The van der Waals surface area contributed by atoms with E-state index in [9.17, 15) is 0 Å². The molecule has 3 heteroatoms. The zero-order chi connectivity index (χ0) is 10.8. The number of benzene rings is 1.